The normalized spacial score (nSPS) is 12.9. The summed E-state index contributed by atoms with van der Waals surface area (Å²) in [5.41, 5.74) is 1.17. The van der Waals surface area contributed by atoms with Gasteiger partial charge in [-0.3, -0.25) is 4.79 Å². The van der Waals surface area contributed by atoms with Crippen molar-refractivity contribution in [1.29, 1.82) is 0 Å². The third-order valence-electron chi connectivity index (χ3n) is 1.89. The zero-order valence-corrected chi connectivity index (χ0v) is 10.5. The van der Waals surface area contributed by atoms with Crippen molar-refractivity contribution in [3.05, 3.63) is 48.0 Å². The summed E-state index contributed by atoms with van der Waals surface area (Å²) < 4.78 is 0.155. The van der Waals surface area contributed by atoms with Crippen LogP contribution >= 0.6 is 23.5 Å². The second-order valence-electron chi connectivity index (χ2n) is 2.93. The third-order valence-corrected chi connectivity index (χ3v) is 3.88. The molecular formula is C12H14OS2. The number of carbonyl (C=O) groups is 1. The first-order valence-electron chi connectivity index (χ1n) is 4.70. The Morgan fingerprint density at radius 1 is 1.33 bits per heavy atom. The van der Waals surface area contributed by atoms with Crippen LogP contribution in [0.3, 0.4) is 0 Å². The molecule has 0 amide bonds. The molecule has 0 aliphatic heterocycles. The SMILES string of the molecule is C/C=C/C(SC(=O)SC)c1ccccc1. The number of thioether (sulfide) groups is 2. The molecule has 0 aliphatic rings. The van der Waals surface area contributed by atoms with Crippen LogP contribution in [0.1, 0.15) is 17.7 Å². The number of hydrogen-bond donors (Lipinski definition) is 0. The fourth-order valence-electron chi connectivity index (χ4n) is 1.19. The first-order valence-corrected chi connectivity index (χ1v) is 6.80. The molecule has 0 radical (unpaired) electrons. The average Bonchev–Trinajstić information content (AvgIpc) is 2.29. The summed E-state index contributed by atoms with van der Waals surface area (Å²) in [7, 11) is 0. The molecule has 80 valence electrons. The van der Waals surface area contributed by atoms with E-state index in [0.717, 1.165) is 0 Å². The highest BCUT2D eigenvalue weighted by molar-refractivity contribution is 8.38. The molecule has 3 heteroatoms. The minimum Gasteiger partial charge on any atom is -0.274 e. The van der Waals surface area contributed by atoms with Crippen LogP contribution in [0.15, 0.2) is 42.5 Å². The van der Waals surface area contributed by atoms with E-state index < -0.39 is 0 Å². The lowest BCUT2D eigenvalue weighted by atomic mass is 10.1. The highest BCUT2D eigenvalue weighted by Crippen LogP contribution is 2.33. The molecule has 0 spiro atoms. The Hall–Kier alpha value is -0.670. The van der Waals surface area contributed by atoms with Crippen molar-refractivity contribution in [2.24, 2.45) is 0 Å². The molecule has 15 heavy (non-hydrogen) atoms. The van der Waals surface area contributed by atoms with E-state index in [1.807, 2.05) is 55.7 Å². The van der Waals surface area contributed by atoms with Gasteiger partial charge in [-0.25, -0.2) is 0 Å². The van der Waals surface area contributed by atoms with Crippen LogP contribution < -0.4 is 0 Å². The van der Waals surface area contributed by atoms with E-state index in [4.69, 9.17) is 0 Å². The van der Waals surface area contributed by atoms with Crippen LogP contribution in [0.4, 0.5) is 4.79 Å². The highest BCUT2D eigenvalue weighted by Gasteiger charge is 2.12. The Kier molecular flexibility index (Phi) is 5.58. The van der Waals surface area contributed by atoms with Crippen molar-refractivity contribution < 1.29 is 4.79 Å². The van der Waals surface area contributed by atoms with Gasteiger partial charge in [0.05, 0.1) is 5.25 Å². The summed E-state index contributed by atoms with van der Waals surface area (Å²) in [5.74, 6) is 0. The molecule has 0 bridgehead atoms. The third kappa shape index (κ3) is 4.14. The Morgan fingerprint density at radius 3 is 2.53 bits per heavy atom. The molecule has 1 aromatic rings. The fourth-order valence-corrected chi connectivity index (χ4v) is 2.62. The van der Waals surface area contributed by atoms with Crippen molar-refractivity contribution in [2.75, 3.05) is 6.26 Å². The molecular weight excluding hydrogens is 224 g/mol. The van der Waals surface area contributed by atoms with Crippen molar-refractivity contribution in [3.8, 4) is 0 Å². The molecule has 1 atom stereocenters. The Morgan fingerprint density at radius 2 is 2.00 bits per heavy atom. The van der Waals surface area contributed by atoms with Gasteiger partial charge in [0.25, 0.3) is 0 Å². The van der Waals surface area contributed by atoms with Crippen LogP contribution in [-0.4, -0.2) is 10.7 Å². The van der Waals surface area contributed by atoms with Crippen molar-refractivity contribution in [3.63, 3.8) is 0 Å². The van der Waals surface area contributed by atoms with E-state index >= 15 is 0 Å². The lowest BCUT2D eigenvalue weighted by Crippen LogP contribution is -1.92. The monoisotopic (exact) mass is 238 g/mol. The Bertz CT molecular complexity index is 333. The molecule has 1 unspecified atom stereocenters. The maximum absolute atomic E-state index is 11.4. The van der Waals surface area contributed by atoms with Gasteiger partial charge < -0.3 is 0 Å². The van der Waals surface area contributed by atoms with E-state index in [2.05, 4.69) is 0 Å². The number of allylic oxidation sites excluding steroid dienone is 1. The van der Waals surface area contributed by atoms with Crippen LogP contribution in [-0.2, 0) is 0 Å². The fraction of sp³-hybridized carbons (Fsp3) is 0.250. The topological polar surface area (TPSA) is 17.1 Å². The minimum absolute atomic E-state index is 0.135. The number of rotatable bonds is 3. The van der Waals surface area contributed by atoms with Gasteiger partial charge in [0.15, 0.2) is 0 Å². The predicted octanol–water partition coefficient (Wildman–Crippen LogP) is 4.52. The Labute approximate surface area is 99.3 Å². The zero-order valence-electron chi connectivity index (χ0n) is 8.84. The van der Waals surface area contributed by atoms with Gasteiger partial charge in [-0.05, 0) is 18.7 Å². The second-order valence-corrected chi connectivity index (χ2v) is 5.08. The molecule has 1 rings (SSSR count). The molecule has 0 heterocycles. The minimum atomic E-state index is 0.135. The number of carbonyl (C=O) groups excluding carboxylic acids is 1. The van der Waals surface area contributed by atoms with Crippen molar-refractivity contribution in [2.45, 2.75) is 12.2 Å². The van der Waals surface area contributed by atoms with E-state index in [-0.39, 0.29) is 9.70 Å². The van der Waals surface area contributed by atoms with Gasteiger partial charge in [0, 0.05) is 0 Å². The molecule has 1 nitrogen and oxygen atoms in total. The molecule has 0 N–H and O–H groups in total. The van der Waals surface area contributed by atoms with Gasteiger partial charge in [-0.15, -0.1) is 0 Å². The van der Waals surface area contributed by atoms with Crippen LogP contribution in [0.5, 0.6) is 0 Å². The molecule has 0 aromatic heterocycles. The summed E-state index contributed by atoms with van der Waals surface area (Å²) in [6.07, 6.45) is 5.85. The average molecular weight is 238 g/mol. The quantitative estimate of drug-likeness (QED) is 0.721. The molecule has 0 fully saturated rings. The maximum atomic E-state index is 11.4. The van der Waals surface area contributed by atoms with Gasteiger partial charge >= 0.3 is 0 Å². The van der Waals surface area contributed by atoms with Crippen LogP contribution in [0.25, 0.3) is 0 Å². The van der Waals surface area contributed by atoms with Gasteiger partial charge in [0.1, 0.15) is 0 Å². The van der Waals surface area contributed by atoms with E-state index in [1.165, 1.54) is 29.1 Å². The Balaban J connectivity index is 2.79. The second kappa shape index (κ2) is 6.75. The summed E-state index contributed by atoms with van der Waals surface area (Å²) in [6, 6.07) is 10.1. The molecule has 0 saturated carbocycles. The molecule has 0 saturated heterocycles. The lowest BCUT2D eigenvalue weighted by Gasteiger charge is -2.10. The maximum Gasteiger partial charge on any atom is 0.246 e. The van der Waals surface area contributed by atoms with Gasteiger partial charge in [-0.2, -0.15) is 0 Å². The summed E-state index contributed by atoms with van der Waals surface area (Å²) in [6.45, 7) is 1.97. The van der Waals surface area contributed by atoms with Crippen molar-refractivity contribution >= 4 is 28.0 Å². The standard InChI is InChI=1S/C12H14OS2/c1-3-7-11(15-12(13)14-2)10-8-5-4-6-9-10/h3-9,11H,1-2H3/b7-3+. The number of benzene rings is 1. The summed E-state index contributed by atoms with van der Waals surface area (Å²) in [5, 5.41) is 0.135. The first kappa shape index (κ1) is 12.4. The van der Waals surface area contributed by atoms with Crippen LogP contribution in [0.2, 0.25) is 0 Å². The van der Waals surface area contributed by atoms with Crippen molar-refractivity contribution in [1.82, 2.24) is 0 Å². The number of hydrogen-bond acceptors (Lipinski definition) is 3. The molecule has 0 aliphatic carbocycles. The first-order chi connectivity index (χ1) is 7.27. The zero-order chi connectivity index (χ0) is 11.1. The van der Waals surface area contributed by atoms with E-state index in [9.17, 15) is 4.79 Å². The smallest absolute Gasteiger partial charge is 0.246 e. The van der Waals surface area contributed by atoms with Crippen LogP contribution in [0, 0.1) is 0 Å². The largest absolute Gasteiger partial charge is 0.274 e. The van der Waals surface area contributed by atoms with E-state index in [0.29, 0.717) is 0 Å². The lowest BCUT2D eigenvalue weighted by molar-refractivity contribution is 0.276. The van der Waals surface area contributed by atoms with Gasteiger partial charge in [0.2, 0.25) is 4.45 Å². The van der Waals surface area contributed by atoms with E-state index in [1.54, 1.807) is 0 Å². The summed E-state index contributed by atoms with van der Waals surface area (Å²) >= 11 is 2.62. The highest BCUT2D eigenvalue weighted by atomic mass is 32.2. The summed E-state index contributed by atoms with van der Waals surface area (Å²) in [4.78, 5) is 11.4. The molecule has 1 aromatic carbocycles. The predicted molar refractivity (Wildman–Crippen MR) is 70.5 cm³/mol. The van der Waals surface area contributed by atoms with Gasteiger partial charge in [-0.1, -0.05) is 66.0 Å².